The summed E-state index contributed by atoms with van der Waals surface area (Å²) in [4.78, 5) is 14.3. The van der Waals surface area contributed by atoms with Crippen LogP contribution in [0.2, 0.25) is 0 Å². The number of carbonyl (C=O) groups excluding carboxylic acids is 1. The van der Waals surface area contributed by atoms with E-state index in [1.54, 1.807) is 6.07 Å². The molecule has 1 heterocycles. The van der Waals surface area contributed by atoms with E-state index in [1.807, 2.05) is 24.0 Å². The van der Waals surface area contributed by atoms with Gasteiger partial charge in [0.1, 0.15) is 6.61 Å². The van der Waals surface area contributed by atoms with Crippen molar-refractivity contribution in [3.8, 4) is 11.8 Å². The van der Waals surface area contributed by atoms with Crippen LogP contribution in [0.4, 0.5) is 0 Å². The van der Waals surface area contributed by atoms with Gasteiger partial charge in [0.15, 0.2) is 0 Å². The van der Waals surface area contributed by atoms with E-state index in [2.05, 4.69) is 11.8 Å². The number of benzene rings is 1. The maximum atomic E-state index is 12.4. The molecule has 1 aliphatic heterocycles. The lowest BCUT2D eigenvalue weighted by atomic mass is 10.0. The van der Waals surface area contributed by atoms with Crippen LogP contribution < -0.4 is 0 Å². The highest BCUT2D eigenvalue weighted by atomic mass is 16.5. The van der Waals surface area contributed by atoms with Gasteiger partial charge in [0.2, 0.25) is 0 Å². The second-order valence-electron chi connectivity index (χ2n) is 4.75. The molecule has 20 heavy (non-hydrogen) atoms. The lowest BCUT2D eigenvalue weighted by molar-refractivity contribution is 0.0741. The summed E-state index contributed by atoms with van der Waals surface area (Å²) in [5.41, 5.74) is 2.47. The molecule has 2 rings (SSSR count). The highest BCUT2D eigenvalue weighted by molar-refractivity contribution is 5.94. The summed E-state index contributed by atoms with van der Waals surface area (Å²) in [6, 6.07) is 5.48. The van der Waals surface area contributed by atoms with Crippen molar-refractivity contribution in [1.82, 2.24) is 4.90 Å². The highest BCUT2D eigenvalue weighted by Crippen LogP contribution is 2.13. The SMILES string of the molecule is Cc1cc(C(=O)N2CCCOCC2)ccc1C#CCO. The monoisotopic (exact) mass is 273 g/mol. The van der Waals surface area contributed by atoms with E-state index >= 15 is 0 Å². The third-order valence-electron chi connectivity index (χ3n) is 3.28. The van der Waals surface area contributed by atoms with Crippen LogP contribution in [-0.2, 0) is 4.74 Å². The Hall–Kier alpha value is -1.83. The number of aliphatic hydroxyl groups excluding tert-OH is 1. The molecule has 4 nitrogen and oxygen atoms in total. The fraction of sp³-hybridized carbons (Fsp3) is 0.438. The molecule has 1 amide bonds. The summed E-state index contributed by atoms with van der Waals surface area (Å²) in [6.45, 7) is 4.47. The normalized spacial score (nSPS) is 15.2. The van der Waals surface area contributed by atoms with Gasteiger partial charge in [-0.1, -0.05) is 11.8 Å². The number of aliphatic hydroxyl groups is 1. The van der Waals surface area contributed by atoms with E-state index in [1.165, 1.54) is 0 Å². The number of nitrogens with zero attached hydrogens (tertiary/aromatic N) is 1. The first-order valence-electron chi connectivity index (χ1n) is 6.80. The quantitative estimate of drug-likeness (QED) is 0.782. The summed E-state index contributed by atoms with van der Waals surface area (Å²) in [7, 11) is 0. The minimum Gasteiger partial charge on any atom is -0.384 e. The van der Waals surface area contributed by atoms with Crippen molar-refractivity contribution in [2.45, 2.75) is 13.3 Å². The molecule has 0 aliphatic carbocycles. The van der Waals surface area contributed by atoms with Crippen molar-refractivity contribution in [1.29, 1.82) is 0 Å². The lowest BCUT2D eigenvalue weighted by Gasteiger charge is -2.20. The molecule has 0 aromatic heterocycles. The average Bonchev–Trinajstić information content (AvgIpc) is 2.74. The Bertz CT molecular complexity index is 534. The highest BCUT2D eigenvalue weighted by Gasteiger charge is 2.17. The standard InChI is InChI=1S/C16H19NO3/c1-13-12-15(6-5-14(13)4-2-9-18)16(19)17-7-3-10-20-11-8-17/h5-6,12,18H,3,7-11H2,1H3. The van der Waals surface area contributed by atoms with Gasteiger partial charge in [0.05, 0.1) is 6.61 Å². The van der Waals surface area contributed by atoms with Crippen LogP contribution in [0.1, 0.15) is 27.9 Å². The summed E-state index contributed by atoms with van der Waals surface area (Å²) in [5, 5.41) is 8.71. The minimum absolute atomic E-state index is 0.0419. The molecule has 106 valence electrons. The van der Waals surface area contributed by atoms with Crippen LogP contribution in [0, 0.1) is 18.8 Å². The van der Waals surface area contributed by atoms with Crippen LogP contribution >= 0.6 is 0 Å². The molecule has 0 unspecified atom stereocenters. The Labute approximate surface area is 119 Å². The molecule has 0 radical (unpaired) electrons. The van der Waals surface area contributed by atoms with Crippen molar-refractivity contribution >= 4 is 5.91 Å². The van der Waals surface area contributed by atoms with Crippen LogP contribution in [-0.4, -0.2) is 48.8 Å². The van der Waals surface area contributed by atoms with E-state index in [0.29, 0.717) is 18.7 Å². The Balaban J connectivity index is 2.15. The maximum absolute atomic E-state index is 12.4. The van der Waals surface area contributed by atoms with Crippen molar-refractivity contribution in [3.63, 3.8) is 0 Å². The number of amides is 1. The van der Waals surface area contributed by atoms with Gasteiger partial charge in [-0.2, -0.15) is 0 Å². The number of hydrogen-bond acceptors (Lipinski definition) is 3. The zero-order chi connectivity index (χ0) is 14.4. The average molecular weight is 273 g/mol. The zero-order valence-corrected chi connectivity index (χ0v) is 11.7. The van der Waals surface area contributed by atoms with Crippen LogP contribution in [0.5, 0.6) is 0 Å². The molecule has 1 aromatic carbocycles. The number of rotatable bonds is 1. The van der Waals surface area contributed by atoms with Gasteiger partial charge >= 0.3 is 0 Å². The van der Waals surface area contributed by atoms with Crippen molar-refractivity contribution in [2.75, 3.05) is 32.9 Å². The number of carbonyl (C=O) groups is 1. The smallest absolute Gasteiger partial charge is 0.253 e. The molecule has 0 spiro atoms. The Morgan fingerprint density at radius 1 is 1.40 bits per heavy atom. The maximum Gasteiger partial charge on any atom is 0.253 e. The van der Waals surface area contributed by atoms with Crippen molar-refractivity contribution < 1.29 is 14.6 Å². The molecule has 1 N–H and O–H groups in total. The molecule has 1 saturated heterocycles. The molecular formula is C16H19NO3. The lowest BCUT2D eigenvalue weighted by Crippen LogP contribution is -2.33. The third kappa shape index (κ3) is 3.60. The second kappa shape index (κ2) is 7.09. The van der Waals surface area contributed by atoms with Crippen molar-refractivity contribution in [3.05, 3.63) is 34.9 Å². The van der Waals surface area contributed by atoms with Gasteiger partial charge in [-0.25, -0.2) is 0 Å². The van der Waals surface area contributed by atoms with Gasteiger partial charge in [0, 0.05) is 30.8 Å². The summed E-state index contributed by atoms with van der Waals surface area (Å²) in [5.74, 6) is 5.53. The molecule has 0 bridgehead atoms. The summed E-state index contributed by atoms with van der Waals surface area (Å²) in [6.07, 6.45) is 0.880. The molecule has 1 aliphatic rings. The van der Waals surface area contributed by atoms with Crippen LogP contribution in [0.25, 0.3) is 0 Å². The summed E-state index contributed by atoms with van der Waals surface area (Å²) < 4.78 is 5.36. The second-order valence-corrected chi connectivity index (χ2v) is 4.75. The predicted molar refractivity (Wildman–Crippen MR) is 76.5 cm³/mol. The number of aryl methyl sites for hydroxylation is 1. The van der Waals surface area contributed by atoms with E-state index in [9.17, 15) is 4.79 Å². The van der Waals surface area contributed by atoms with E-state index < -0.39 is 0 Å². The Morgan fingerprint density at radius 3 is 3.00 bits per heavy atom. The van der Waals surface area contributed by atoms with Crippen LogP contribution in [0.15, 0.2) is 18.2 Å². The summed E-state index contributed by atoms with van der Waals surface area (Å²) >= 11 is 0. The van der Waals surface area contributed by atoms with E-state index in [4.69, 9.17) is 9.84 Å². The fourth-order valence-electron chi connectivity index (χ4n) is 2.20. The van der Waals surface area contributed by atoms with Gasteiger partial charge in [0.25, 0.3) is 5.91 Å². The molecule has 1 fully saturated rings. The molecule has 0 saturated carbocycles. The molecule has 1 aromatic rings. The topological polar surface area (TPSA) is 49.8 Å². The molecular weight excluding hydrogens is 254 g/mol. The minimum atomic E-state index is -0.159. The number of ether oxygens (including phenoxy) is 1. The van der Waals surface area contributed by atoms with Crippen molar-refractivity contribution in [2.24, 2.45) is 0 Å². The van der Waals surface area contributed by atoms with Gasteiger partial charge in [-0.05, 0) is 37.1 Å². The fourth-order valence-corrected chi connectivity index (χ4v) is 2.20. The van der Waals surface area contributed by atoms with Gasteiger partial charge in [-0.15, -0.1) is 0 Å². The Kier molecular flexibility index (Phi) is 5.16. The first-order valence-corrected chi connectivity index (χ1v) is 6.80. The van der Waals surface area contributed by atoms with E-state index in [-0.39, 0.29) is 12.5 Å². The third-order valence-corrected chi connectivity index (χ3v) is 3.28. The van der Waals surface area contributed by atoms with E-state index in [0.717, 1.165) is 30.7 Å². The molecule has 4 heteroatoms. The first-order chi connectivity index (χ1) is 9.72. The van der Waals surface area contributed by atoms with Crippen LogP contribution in [0.3, 0.4) is 0 Å². The first kappa shape index (κ1) is 14.6. The largest absolute Gasteiger partial charge is 0.384 e. The van der Waals surface area contributed by atoms with Gasteiger partial charge in [-0.3, -0.25) is 4.79 Å². The predicted octanol–water partition coefficient (Wildman–Crippen LogP) is 1.20. The molecule has 0 atom stereocenters. The zero-order valence-electron chi connectivity index (χ0n) is 11.7. The number of hydrogen-bond donors (Lipinski definition) is 1. The Morgan fingerprint density at radius 2 is 2.25 bits per heavy atom. The van der Waals surface area contributed by atoms with Gasteiger partial charge < -0.3 is 14.7 Å².